The lowest BCUT2D eigenvalue weighted by molar-refractivity contribution is 0.0497. The SMILES string of the molecule is CNc1nc(-c2ccccn2)nc(N2CCC(NC(=O)OC(C)(C)C)CC2)c1C=N. The summed E-state index contributed by atoms with van der Waals surface area (Å²) in [5.41, 5.74) is 0.791. The second kappa shape index (κ2) is 9.06. The molecule has 3 N–H and O–H groups in total. The number of anilines is 2. The van der Waals surface area contributed by atoms with Crippen molar-refractivity contribution in [1.29, 1.82) is 5.41 Å². The van der Waals surface area contributed by atoms with Crippen molar-refractivity contribution in [2.45, 2.75) is 45.3 Å². The van der Waals surface area contributed by atoms with Crippen molar-refractivity contribution in [1.82, 2.24) is 20.3 Å². The van der Waals surface area contributed by atoms with Crippen LogP contribution in [0.1, 0.15) is 39.2 Å². The molecule has 0 aromatic carbocycles. The molecular formula is C21H29N7O2. The van der Waals surface area contributed by atoms with Gasteiger partial charge in [-0.25, -0.2) is 14.8 Å². The lowest BCUT2D eigenvalue weighted by atomic mass is 10.0. The van der Waals surface area contributed by atoms with Crippen molar-refractivity contribution in [2.24, 2.45) is 0 Å². The number of nitrogens with one attached hydrogen (secondary N) is 3. The lowest BCUT2D eigenvalue weighted by Gasteiger charge is -2.34. The predicted octanol–water partition coefficient (Wildman–Crippen LogP) is 3.07. The summed E-state index contributed by atoms with van der Waals surface area (Å²) in [4.78, 5) is 27.8. The Labute approximate surface area is 176 Å². The highest BCUT2D eigenvalue weighted by Crippen LogP contribution is 2.28. The standard InChI is InChI=1S/C21H29N7O2/c1-21(2,3)30-20(29)25-14-8-11-28(12-9-14)19-15(13-22)17(23-4)26-18(27-19)16-7-5-6-10-24-16/h5-7,10,13-14,22H,8-9,11-12H2,1-4H3,(H,25,29)(H,23,26,27). The highest BCUT2D eigenvalue weighted by Gasteiger charge is 2.26. The summed E-state index contributed by atoms with van der Waals surface area (Å²) in [5, 5.41) is 13.9. The van der Waals surface area contributed by atoms with E-state index in [-0.39, 0.29) is 6.04 Å². The number of hydrogen-bond donors (Lipinski definition) is 3. The van der Waals surface area contributed by atoms with Crippen LogP contribution in [0.4, 0.5) is 16.4 Å². The molecule has 1 aliphatic rings. The summed E-state index contributed by atoms with van der Waals surface area (Å²) < 4.78 is 5.35. The maximum absolute atomic E-state index is 12.1. The van der Waals surface area contributed by atoms with Gasteiger partial charge in [0.25, 0.3) is 0 Å². The minimum Gasteiger partial charge on any atom is -0.444 e. The predicted molar refractivity (Wildman–Crippen MR) is 117 cm³/mol. The van der Waals surface area contributed by atoms with Gasteiger partial charge < -0.3 is 25.7 Å². The van der Waals surface area contributed by atoms with E-state index < -0.39 is 11.7 Å². The molecule has 1 fully saturated rings. The Morgan fingerprint density at radius 2 is 2.00 bits per heavy atom. The van der Waals surface area contributed by atoms with Crippen LogP contribution in [0.3, 0.4) is 0 Å². The van der Waals surface area contributed by atoms with E-state index in [2.05, 4.69) is 25.5 Å². The van der Waals surface area contributed by atoms with Crippen LogP contribution < -0.4 is 15.5 Å². The van der Waals surface area contributed by atoms with E-state index in [0.29, 0.717) is 41.8 Å². The minimum atomic E-state index is -0.518. The van der Waals surface area contributed by atoms with Gasteiger partial charge in [0.05, 0.1) is 5.56 Å². The van der Waals surface area contributed by atoms with E-state index in [1.54, 1.807) is 13.2 Å². The monoisotopic (exact) mass is 411 g/mol. The molecule has 1 aliphatic heterocycles. The van der Waals surface area contributed by atoms with E-state index in [0.717, 1.165) is 12.8 Å². The first-order valence-corrected chi connectivity index (χ1v) is 10.1. The molecule has 2 aromatic heterocycles. The van der Waals surface area contributed by atoms with Gasteiger partial charge in [-0.3, -0.25) is 4.98 Å². The number of carbonyl (C=O) groups is 1. The number of hydrogen-bond acceptors (Lipinski definition) is 8. The van der Waals surface area contributed by atoms with Crippen LogP contribution in [0, 0.1) is 5.41 Å². The summed E-state index contributed by atoms with van der Waals surface area (Å²) >= 11 is 0. The first-order chi connectivity index (χ1) is 14.3. The topological polar surface area (TPSA) is 116 Å². The van der Waals surface area contributed by atoms with Crippen LogP contribution in [-0.4, -0.2) is 59.0 Å². The molecule has 160 valence electrons. The van der Waals surface area contributed by atoms with Crippen molar-refractivity contribution in [3.8, 4) is 11.5 Å². The van der Waals surface area contributed by atoms with Gasteiger partial charge in [0.15, 0.2) is 5.82 Å². The third-order valence-electron chi connectivity index (χ3n) is 4.72. The summed E-state index contributed by atoms with van der Waals surface area (Å²) in [6.07, 6.45) is 4.10. The highest BCUT2D eigenvalue weighted by atomic mass is 16.6. The van der Waals surface area contributed by atoms with Crippen LogP contribution in [0.25, 0.3) is 11.5 Å². The molecule has 9 heteroatoms. The molecule has 0 unspecified atom stereocenters. The fourth-order valence-corrected chi connectivity index (χ4v) is 3.34. The van der Waals surface area contributed by atoms with Crippen LogP contribution in [0.2, 0.25) is 0 Å². The van der Waals surface area contributed by atoms with E-state index in [4.69, 9.17) is 15.1 Å². The third-order valence-corrected chi connectivity index (χ3v) is 4.72. The Balaban J connectivity index is 1.77. The maximum atomic E-state index is 12.1. The normalized spacial score (nSPS) is 14.9. The molecule has 3 rings (SSSR count). The van der Waals surface area contributed by atoms with Crippen molar-refractivity contribution < 1.29 is 9.53 Å². The average Bonchev–Trinajstić information content (AvgIpc) is 2.72. The van der Waals surface area contributed by atoms with Crippen LogP contribution in [-0.2, 0) is 4.74 Å². The van der Waals surface area contributed by atoms with Gasteiger partial charge in [0.2, 0.25) is 0 Å². The molecule has 9 nitrogen and oxygen atoms in total. The van der Waals surface area contributed by atoms with Crippen molar-refractivity contribution in [3.05, 3.63) is 30.0 Å². The van der Waals surface area contributed by atoms with Gasteiger partial charge in [0.1, 0.15) is 22.9 Å². The molecule has 30 heavy (non-hydrogen) atoms. The molecule has 3 heterocycles. The quantitative estimate of drug-likeness (QED) is 0.648. The molecule has 2 aromatic rings. The van der Waals surface area contributed by atoms with Crippen molar-refractivity contribution >= 4 is 23.9 Å². The zero-order chi connectivity index (χ0) is 21.7. The second-order valence-corrected chi connectivity index (χ2v) is 8.15. The van der Waals surface area contributed by atoms with Crippen LogP contribution >= 0.6 is 0 Å². The third kappa shape index (κ3) is 5.22. The Bertz CT molecular complexity index is 888. The minimum absolute atomic E-state index is 0.0420. The largest absolute Gasteiger partial charge is 0.444 e. The number of pyridine rings is 1. The summed E-state index contributed by atoms with van der Waals surface area (Å²) in [6, 6.07) is 5.64. The maximum Gasteiger partial charge on any atom is 0.407 e. The number of alkyl carbamates (subject to hydrolysis) is 1. The molecule has 0 saturated carbocycles. The Morgan fingerprint density at radius 3 is 2.57 bits per heavy atom. The summed E-state index contributed by atoms with van der Waals surface area (Å²) in [7, 11) is 1.78. The molecular weight excluding hydrogens is 382 g/mol. The van der Waals surface area contributed by atoms with E-state index in [1.807, 2.05) is 39.0 Å². The van der Waals surface area contributed by atoms with Gasteiger partial charge in [0, 0.05) is 38.6 Å². The Kier molecular flexibility index (Phi) is 6.49. The number of aromatic nitrogens is 3. The highest BCUT2D eigenvalue weighted by molar-refractivity contribution is 5.91. The number of piperidine rings is 1. The zero-order valence-electron chi connectivity index (χ0n) is 17.9. The van der Waals surface area contributed by atoms with Gasteiger partial charge >= 0.3 is 6.09 Å². The van der Waals surface area contributed by atoms with Gasteiger partial charge in [-0.2, -0.15) is 0 Å². The Hall–Kier alpha value is -3.23. The first kappa shape index (κ1) is 21.5. The Morgan fingerprint density at radius 1 is 1.27 bits per heavy atom. The summed E-state index contributed by atoms with van der Waals surface area (Å²) in [6.45, 7) is 6.94. The molecule has 0 spiro atoms. The number of amides is 1. The van der Waals surface area contributed by atoms with Crippen molar-refractivity contribution in [2.75, 3.05) is 30.4 Å². The van der Waals surface area contributed by atoms with Crippen LogP contribution in [0.5, 0.6) is 0 Å². The molecule has 0 bridgehead atoms. The molecule has 0 aliphatic carbocycles. The number of ether oxygens (including phenoxy) is 1. The second-order valence-electron chi connectivity index (χ2n) is 8.15. The zero-order valence-corrected chi connectivity index (χ0v) is 17.9. The molecule has 0 radical (unpaired) electrons. The van der Waals surface area contributed by atoms with E-state index >= 15 is 0 Å². The molecule has 1 saturated heterocycles. The van der Waals surface area contributed by atoms with E-state index in [9.17, 15) is 4.79 Å². The lowest BCUT2D eigenvalue weighted by Crippen LogP contribution is -2.46. The van der Waals surface area contributed by atoms with Crippen LogP contribution in [0.15, 0.2) is 24.4 Å². The fraction of sp³-hybridized carbons (Fsp3) is 0.476. The van der Waals surface area contributed by atoms with E-state index in [1.165, 1.54) is 6.21 Å². The summed E-state index contributed by atoms with van der Waals surface area (Å²) in [5.74, 6) is 1.79. The number of carbonyl (C=O) groups excluding carboxylic acids is 1. The van der Waals surface area contributed by atoms with Gasteiger partial charge in [-0.05, 0) is 45.7 Å². The van der Waals surface area contributed by atoms with Gasteiger partial charge in [-0.15, -0.1) is 0 Å². The average molecular weight is 412 g/mol. The number of nitrogens with zero attached hydrogens (tertiary/aromatic N) is 4. The van der Waals surface area contributed by atoms with Crippen molar-refractivity contribution in [3.63, 3.8) is 0 Å². The first-order valence-electron chi connectivity index (χ1n) is 10.1. The fourth-order valence-electron chi connectivity index (χ4n) is 3.34. The van der Waals surface area contributed by atoms with Gasteiger partial charge in [-0.1, -0.05) is 6.07 Å². The molecule has 0 atom stereocenters. The number of rotatable bonds is 5. The smallest absolute Gasteiger partial charge is 0.407 e. The molecule has 1 amide bonds.